The maximum absolute atomic E-state index is 13.4. The highest BCUT2D eigenvalue weighted by atomic mass is 16.5. The third kappa shape index (κ3) is 6.93. The van der Waals surface area contributed by atoms with Crippen molar-refractivity contribution in [3.8, 4) is 0 Å². The smallest absolute Gasteiger partial charge is 0.325 e. The van der Waals surface area contributed by atoms with E-state index in [-0.39, 0.29) is 30.1 Å². The van der Waals surface area contributed by atoms with Crippen LogP contribution in [0.4, 0.5) is 0 Å². The zero-order valence-electron chi connectivity index (χ0n) is 23.7. The Bertz CT molecular complexity index is 1340. The lowest BCUT2D eigenvalue weighted by Gasteiger charge is -2.35. The Morgan fingerprint density at radius 1 is 0.927 bits per heavy atom. The van der Waals surface area contributed by atoms with Gasteiger partial charge in [-0.15, -0.1) is 0 Å². The normalized spacial score (nSPS) is 27.3. The highest BCUT2D eigenvalue weighted by molar-refractivity contribution is 5.92. The summed E-state index contributed by atoms with van der Waals surface area (Å²) in [5, 5.41) is 9.05. The van der Waals surface area contributed by atoms with Gasteiger partial charge in [-0.05, 0) is 74.6 Å². The Labute approximate surface area is 240 Å². The molecule has 3 N–H and O–H groups in total. The number of ether oxygens (including phenoxy) is 1. The van der Waals surface area contributed by atoms with Gasteiger partial charge in [-0.3, -0.25) is 29.2 Å². The summed E-state index contributed by atoms with van der Waals surface area (Å²) in [5.74, 6) is -1.40. The number of hydrazine groups is 1. The second-order valence-electron chi connectivity index (χ2n) is 11.4. The SMILES string of the molecule is C[C@@H]1NC(=O)[C@H](C2CCCCC2)NC(=O)CC=Cc2cc3cc(ccc3cn2)[C@@H](C)OC(=O)[C@@H]2CCCN(N2)C1=O. The van der Waals surface area contributed by atoms with Crippen LogP contribution in [0.2, 0.25) is 0 Å². The van der Waals surface area contributed by atoms with Crippen molar-refractivity contribution in [1.82, 2.24) is 26.1 Å². The molecule has 5 rings (SSSR count). The molecule has 1 aromatic carbocycles. The molecule has 2 aromatic rings. The van der Waals surface area contributed by atoms with Gasteiger partial charge in [0.05, 0.1) is 5.69 Å². The number of amides is 3. The number of benzene rings is 1. The van der Waals surface area contributed by atoms with Crippen LogP contribution in [0.3, 0.4) is 0 Å². The van der Waals surface area contributed by atoms with E-state index in [1.54, 1.807) is 25.3 Å². The van der Waals surface area contributed by atoms with Crippen LogP contribution in [0.15, 0.2) is 36.5 Å². The molecule has 2 aliphatic heterocycles. The van der Waals surface area contributed by atoms with E-state index in [2.05, 4.69) is 21.0 Å². The zero-order valence-corrected chi connectivity index (χ0v) is 23.7. The van der Waals surface area contributed by atoms with Gasteiger partial charge in [0.1, 0.15) is 24.2 Å². The molecule has 2 fully saturated rings. The first-order chi connectivity index (χ1) is 19.8. The van der Waals surface area contributed by atoms with E-state index in [4.69, 9.17) is 4.74 Å². The minimum absolute atomic E-state index is 0.00573. The Morgan fingerprint density at radius 3 is 2.54 bits per heavy atom. The Morgan fingerprint density at radius 2 is 1.73 bits per heavy atom. The summed E-state index contributed by atoms with van der Waals surface area (Å²) in [6, 6.07) is 5.50. The van der Waals surface area contributed by atoms with E-state index < -0.39 is 30.2 Å². The number of pyridine rings is 1. The number of carbonyl (C=O) groups excluding carboxylic acids is 4. The fourth-order valence-corrected chi connectivity index (χ4v) is 5.94. The topological polar surface area (TPSA) is 130 Å². The Hall–Kier alpha value is -3.79. The molecule has 1 saturated heterocycles. The lowest BCUT2D eigenvalue weighted by molar-refractivity contribution is -0.157. The van der Waals surface area contributed by atoms with Gasteiger partial charge in [0.25, 0.3) is 5.91 Å². The van der Waals surface area contributed by atoms with E-state index in [1.165, 1.54) is 5.01 Å². The molecule has 3 heterocycles. The van der Waals surface area contributed by atoms with Gasteiger partial charge in [-0.25, -0.2) is 5.43 Å². The highest BCUT2D eigenvalue weighted by Gasteiger charge is 2.35. The van der Waals surface area contributed by atoms with Crippen LogP contribution in [0.5, 0.6) is 0 Å². The minimum atomic E-state index is -0.843. The molecule has 0 spiro atoms. The summed E-state index contributed by atoms with van der Waals surface area (Å²) in [7, 11) is 0. The van der Waals surface area contributed by atoms with Gasteiger partial charge in [0.15, 0.2) is 0 Å². The van der Waals surface area contributed by atoms with Gasteiger partial charge in [-0.2, -0.15) is 0 Å². The summed E-state index contributed by atoms with van der Waals surface area (Å²) in [6.07, 6.45) is 10.8. The number of hydrogen-bond acceptors (Lipinski definition) is 7. The number of cyclic esters (lactones) is 1. The van der Waals surface area contributed by atoms with Crippen molar-refractivity contribution in [2.45, 2.75) is 89.4 Å². The number of esters is 1. The van der Waals surface area contributed by atoms with Crippen molar-refractivity contribution >= 4 is 40.5 Å². The van der Waals surface area contributed by atoms with Crippen molar-refractivity contribution in [3.05, 3.63) is 47.8 Å². The average Bonchev–Trinajstić information content (AvgIpc) is 2.99. The number of rotatable bonds is 1. The standard InChI is InChI=1S/C31H39N5O5/c1-19-30(39)36-15-7-11-26(35-36)31(40)41-20(2)22-13-14-23-18-32-25(17-24(23)16-22)10-6-12-27(37)34-28(29(38)33-19)21-8-4-3-5-9-21/h6,10,13-14,16-21,26,28,35H,3-5,7-9,11-12,15H2,1-2H3,(H,33,38)(H,34,37)/t19-,20+,26-,28-/m0/s1. The quantitative estimate of drug-likeness (QED) is 0.456. The maximum atomic E-state index is 13.4. The molecule has 3 aliphatic rings. The first-order valence-corrected chi connectivity index (χ1v) is 14.7. The number of nitrogens with one attached hydrogen (secondary N) is 3. The Kier molecular flexibility index (Phi) is 8.97. The molecular weight excluding hydrogens is 522 g/mol. The van der Waals surface area contributed by atoms with Crippen molar-refractivity contribution in [2.24, 2.45) is 5.92 Å². The van der Waals surface area contributed by atoms with Crippen LogP contribution in [0, 0.1) is 5.92 Å². The van der Waals surface area contributed by atoms with Gasteiger partial charge < -0.3 is 15.4 Å². The summed E-state index contributed by atoms with van der Waals surface area (Å²) < 4.78 is 5.81. The Balaban J connectivity index is 1.43. The van der Waals surface area contributed by atoms with Gasteiger partial charge in [0, 0.05) is 24.5 Å². The molecule has 1 aliphatic carbocycles. The number of nitrogens with zero attached hydrogens (tertiary/aromatic N) is 2. The third-order valence-electron chi connectivity index (χ3n) is 8.31. The molecule has 0 unspecified atom stereocenters. The fourth-order valence-electron chi connectivity index (χ4n) is 5.94. The van der Waals surface area contributed by atoms with Crippen LogP contribution < -0.4 is 16.1 Å². The molecule has 1 aromatic heterocycles. The van der Waals surface area contributed by atoms with E-state index in [0.717, 1.165) is 48.4 Å². The van der Waals surface area contributed by atoms with Crippen molar-refractivity contribution in [2.75, 3.05) is 6.54 Å². The largest absolute Gasteiger partial charge is 0.457 e. The molecule has 1 saturated carbocycles. The first-order valence-electron chi connectivity index (χ1n) is 14.7. The lowest BCUT2D eigenvalue weighted by atomic mass is 9.83. The fraction of sp³-hybridized carbons (Fsp3) is 0.516. The molecule has 218 valence electrons. The summed E-state index contributed by atoms with van der Waals surface area (Å²) in [4.78, 5) is 57.3. The number of aromatic nitrogens is 1. The summed E-state index contributed by atoms with van der Waals surface area (Å²) in [6.45, 7) is 3.86. The first kappa shape index (κ1) is 28.7. The highest BCUT2D eigenvalue weighted by Crippen LogP contribution is 2.27. The lowest BCUT2D eigenvalue weighted by Crippen LogP contribution is -2.61. The molecule has 4 atom stereocenters. The van der Waals surface area contributed by atoms with Gasteiger partial charge in [-0.1, -0.05) is 37.5 Å². The molecule has 5 bridgehead atoms. The maximum Gasteiger partial charge on any atom is 0.325 e. The minimum Gasteiger partial charge on any atom is -0.457 e. The third-order valence-corrected chi connectivity index (χ3v) is 8.31. The number of carbonyl (C=O) groups is 4. The molecule has 3 amide bonds. The second-order valence-corrected chi connectivity index (χ2v) is 11.4. The van der Waals surface area contributed by atoms with Crippen LogP contribution >= 0.6 is 0 Å². The number of hydrogen-bond donors (Lipinski definition) is 3. The van der Waals surface area contributed by atoms with Crippen molar-refractivity contribution in [1.29, 1.82) is 0 Å². The van der Waals surface area contributed by atoms with Crippen molar-refractivity contribution in [3.63, 3.8) is 0 Å². The van der Waals surface area contributed by atoms with Gasteiger partial charge in [0.2, 0.25) is 11.8 Å². The molecule has 10 heteroatoms. The predicted octanol–water partition coefficient (Wildman–Crippen LogP) is 3.32. The van der Waals surface area contributed by atoms with Gasteiger partial charge >= 0.3 is 5.97 Å². The predicted molar refractivity (Wildman–Crippen MR) is 154 cm³/mol. The van der Waals surface area contributed by atoms with Crippen LogP contribution in [-0.4, -0.2) is 58.4 Å². The second kappa shape index (κ2) is 12.8. The molecule has 10 nitrogen and oxygen atoms in total. The van der Waals surface area contributed by atoms with Crippen LogP contribution in [-0.2, 0) is 23.9 Å². The van der Waals surface area contributed by atoms with E-state index in [9.17, 15) is 19.2 Å². The van der Waals surface area contributed by atoms with E-state index in [1.807, 2.05) is 31.2 Å². The van der Waals surface area contributed by atoms with Crippen LogP contribution in [0.1, 0.15) is 82.6 Å². The monoisotopic (exact) mass is 561 g/mol. The van der Waals surface area contributed by atoms with E-state index >= 15 is 0 Å². The molecular formula is C31H39N5O5. The zero-order chi connectivity index (χ0) is 28.9. The van der Waals surface area contributed by atoms with Crippen molar-refractivity contribution < 1.29 is 23.9 Å². The van der Waals surface area contributed by atoms with Crippen LogP contribution in [0.25, 0.3) is 16.8 Å². The van der Waals surface area contributed by atoms with E-state index in [0.29, 0.717) is 25.1 Å². The average molecular weight is 562 g/mol. The summed E-state index contributed by atoms with van der Waals surface area (Å²) >= 11 is 0. The molecule has 41 heavy (non-hydrogen) atoms. The summed E-state index contributed by atoms with van der Waals surface area (Å²) in [5.41, 5.74) is 4.55. The molecule has 0 radical (unpaired) electrons. The number of fused-ring (bicyclic) bond motifs is 4.